The Morgan fingerprint density at radius 2 is 1.62 bits per heavy atom. The van der Waals surface area contributed by atoms with Gasteiger partial charge in [-0.3, -0.25) is 0 Å². The molecule has 1 heterocycles. The molecule has 1 aliphatic rings. The Balaban J connectivity index is 3.15. The summed E-state index contributed by atoms with van der Waals surface area (Å²) in [4.78, 5) is 2.06. The van der Waals surface area contributed by atoms with Crippen LogP contribution in [0.5, 0.6) is 0 Å². The van der Waals surface area contributed by atoms with Crippen LogP contribution < -0.4 is 0 Å². The molecule has 1 rings (SSSR count). The summed E-state index contributed by atoms with van der Waals surface area (Å²) < 4.78 is 5.49. The highest BCUT2D eigenvalue weighted by atomic mass is 16.5. The van der Waals surface area contributed by atoms with Gasteiger partial charge in [0, 0.05) is 18.0 Å². The van der Waals surface area contributed by atoms with Gasteiger partial charge in [0.05, 0.1) is 0 Å². The predicted molar refractivity (Wildman–Crippen MR) is 55.0 cm³/mol. The summed E-state index contributed by atoms with van der Waals surface area (Å²) >= 11 is 0. The van der Waals surface area contributed by atoms with E-state index in [1.807, 2.05) is 7.05 Å². The minimum atomic E-state index is -0.0665. The molecule has 0 radical (unpaired) electrons. The Hall–Kier alpha value is -0.920. The molecule has 0 amide bonds. The standard InChI is InChI=1S/C11H19NO/c1-8-10(3,4)11(5,6)12(7)9(2)13-8/h1-2H2,3-7H3. The van der Waals surface area contributed by atoms with E-state index in [-0.39, 0.29) is 11.0 Å². The third-order valence-electron chi connectivity index (χ3n) is 3.68. The first kappa shape index (κ1) is 10.2. The first-order chi connectivity index (χ1) is 5.71. The molecule has 0 aliphatic carbocycles. The van der Waals surface area contributed by atoms with E-state index in [0.717, 1.165) is 5.76 Å². The molecule has 0 atom stereocenters. The summed E-state index contributed by atoms with van der Waals surface area (Å²) in [6.07, 6.45) is 0. The second kappa shape index (κ2) is 2.53. The minimum absolute atomic E-state index is 0.0145. The molecule has 0 saturated carbocycles. The molecule has 1 aliphatic heterocycles. The fraction of sp³-hybridized carbons (Fsp3) is 0.636. The van der Waals surface area contributed by atoms with Crippen LogP contribution in [0.15, 0.2) is 24.8 Å². The SMILES string of the molecule is C=C1OC(=C)C(C)(C)C(C)(C)N1C. The van der Waals surface area contributed by atoms with Gasteiger partial charge in [0.2, 0.25) is 0 Å². The fourth-order valence-corrected chi connectivity index (χ4v) is 1.41. The van der Waals surface area contributed by atoms with Crippen LogP contribution in [0.25, 0.3) is 0 Å². The Labute approximate surface area is 80.9 Å². The summed E-state index contributed by atoms with van der Waals surface area (Å²) in [5.41, 5.74) is -0.0810. The third-order valence-corrected chi connectivity index (χ3v) is 3.68. The van der Waals surface area contributed by atoms with Gasteiger partial charge in [-0.25, -0.2) is 0 Å². The van der Waals surface area contributed by atoms with Crippen LogP contribution in [0, 0.1) is 5.41 Å². The van der Waals surface area contributed by atoms with Crippen molar-refractivity contribution in [2.24, 2.45) is 5.41 Å². The van der Waals surface area contributed by atoms with Crippen molar-refractivity contribution < 1.29 is 4.74 Å². The van der Waals surface area contributed by atoms with Crippen molar-refractivity contribution in [1.82, 2.24) is 4.90 Å². The van der Waals surface area contributed by atoms with Crippen LogP contribution in [0.4, 0.5) is 0 Å². The molecule has 2 heteroatoms. The third kappa shape index (κ3) is 1.16. The van der Waals surface area contributed by atoms with Crippen molar-refractivity contribution in [3.63, 3.8) is 0 Å². The monoisotopic (exact) mass is 181 g/mol. The van der Waals surface area contributed by atoms with Crippen molar-refractivity contribution in [3.8, 4) is 0 Å². The van der Waals surface area contributed by atoms with Crippen molar-refractivity contribution in [3.05, 3.63) is 24.8 Å². The number of rotatable bonds is 0. The van der Waals surface area contributed by atoms with Crippen LogP contribution >= 0.6 is 0 Å². The zero-order valence-corrected chi connectivity index (χ0v) is 9.27. The van der Waals surface area contributed by atoms with Crippen molar-refractivity contribution >= 4 is 0 Å². The molecule has 0 aromatic rings. The molecule has 0 spiro atoms. The zero-order valence-electron chi connectivity index (χ0n) is 9.27. The Kier molecular flexibility index (Phi) is 1.98. The van der Waals surface area contributed by atoms with Crippen LogP contribution in [0.3, 0.4) is 0 Å². The lowest BCUT2D eigenvalue weighted by Gasteiger charge is -2.53. The molecule has 0 unspecified atom stereocenters. The van der Waals surface area contributed by atoms with Gasteiger partial charge in [0.15, 0.2) is 5.88 Å². The molecule has 13 heavy (non-hydrogen) atoms. The number of ether oxygens (including phenoxy) is 1. The Morgan fingerprint density at radius 1 is 1.15 bits per heavy atom. The quantitative estimate of drug-likeness (QED) is 0.569. The Bertz CT molecular complexity index is 263. The molecule has 0 aromatic heterocycles. The van der Waals surface area contributed by atoms with Gasteiger partial charge < -0.3 is 9.64 Å². The van der Waals surface area contributed by atoms with E-state index < -0.39 is 0 Å². The predicted octanol–water partition coefficient (Wildman–Crippen LogP) is 2.74. The van der Waals surface area contributed by atoms with Crippen LogP contribution in [-0.2, 0) is 4.74 Å². The van der Waals surface area contributed by atoms with Gasteiger partial charge in [-0.15, -0.1) is 0 Å². The fourth-order valence-electron chi connectivity index (χ4n) is 1.41. The second-order valence-electron chi connectivity index (χ2n) is 4.66. The maximum absolute atomic E-state index is 5.49. The summed E-state index contributed by atoms with van der Waals surface area (Å²) in [7, 11) is 2.00. The Morgan fingerprint density at radius 3 is 2.08 bits per heavy atom. The molecule has 0 aromatic carbocycles. The molecule has 1 saturated heterocycles. The van der Waals surface area contributed by atoms with E-state index in [1.165, 1.54) is 0 Å². The highest BCUT2D eigenvalue weighted by Crippen LogP contribution is 2.46. The maximum atomic E-state index is 5.49. The first-order valence-electron chi connectivity index (χ1n) is 4.51. The number of hydrogen-bond donors (Lipinski definition) is 0. The average molecular weight is 181 g/mol. The zero-order chi connectivity index (χ0) is 10.4. The number of hydrogen-bond acceptors (Lipinski definition) is 2. The summed E-state index contributed by atoms with van der Waals surface area (Å²) in [5, 5.41) is 0. The van der Waals surface area contributed by atoms with E-state index in [0.29, 0.717) is 5.88 Å². The molecular weight excluding hydrogens is 162 g/mol. The van der Waals surface area contributed by atoms with Gasteiger partial charge in [-0.05, 0) is 20.4 Å². The topological polar surface area (TPSA) is 12.5 Å². The van der Waals surface area contributed by atoms with Gasteiger partial charge in [0.25, 0.3) is 0 Å². The van der Waals surface area contributed by atoms with Crippen LogP contribution in [0.2, 0.25) is 0 Å². The molecular formula is C11H19NO. The molecule has 0 N–H and O–H groups in total. The van der Waals surface area contributed by atoms with Gasteiger partial charge >= 0.3 is 0 Å². The molecule has 1 fully saturated rings. The average Bonchev–Trinajstić information content (AvgIpc) is 2.00. The molecule has 0 bridgehead atoms. The van der Waals surface area contributed by atoms with Crippen molar-refractivity contribution in [2.45, 2.75) is 33.2 Å². The normalized spacial score (nSPS) is 25.8. The highest BCUT2D eigenvalue weighted by Gasteiger charge is 2.48. The summed E-state index contributed by atoms with van der Waals surface area (Å²) in [6, 6.07) is 0. The second-order valence-corrected chi connectivity index (χ2v) is 4.66. The van der Waals surface area contributed by atoms with Gasteiger partial charge in [0.1, 0.15) is 5.76 Å². The summed E-state index contributed by atoms with van der Waals surface area (Å²) in [6.45, 7) is 16.4. The van der Waals surface area contributed by atoms with Gasteiger partial charge in [-0.1, -0.05) is 20.4 Å². The van der Waals surface area contributed by atoms with E-state index in [2.05, 4.69) is 45.8 Å². The lowest BCUT2D eigenvalue weighted by Crippen LogP contribution is -2.56. The number of nitrogens with zero attached hydrogens (tertiary/aromatic N) is 1. The maximum Gasteiger partial charge on any atom is 0.188 e. The van der Waals surface area contributed by atoms with Crippen LogP contribution in [0.1, 0.15) is 27.7 Å². The lowest BCUT2D eigenvalue weighted by atomic mass is 9.71. The van der Waals surface area contributed by atoms with E-state index in [4.69, 9.17) is 4.74 Å². The van der Waals surface area contributed by atoms with E-state index >= 15 is 0 Å². The first-order valence-corrected chi connectivity index (χ1v) is 4.51. The molecule has 2 nitrogen and oxygen atoms in total. The van der Waals surface area contributed by atoms with Gasteiger partial charge in [-0.2, -0.15) is 0 Å². The minimum Gasteiger partial charge on any atom is -0.446 e. The van der Waals surface area contributed by atoms with Crippen LogP contribution in [-0.4, -0.2) is 17.5 Å². The smallest absolute Gasteiger partial charge is 0.188 e. The highest BCUT2D eigenvalue weighted by molar-refractivity contribution is 5.18. The van der Waals surface area contributed by atoms with Crippen molar-refractivity contribution in [2.75, 3.05) is 7.05 Å². The van der Waals surface area contributed by atoms with E-state index in [9.17, 15) is 0 Å². The van der Waals surface area contributed by atoms with E-state index in [1.54, 1.807) is 0 Å². The largest absolute Gasteiger partial charge is 0.446 e. The summed E-state index contributed by atoms with van der Waals surface area (Å²) in [5.74, 6) is 1.47. The van der Waals surface area contributed by atoms with Crippen molar-refractivity contribution in [1.29, 1.82) is 0 Å². The molecule has 74 valence electrons. The lowest BCUT2D eigenvalue weighted by molar-refractivity contribution is -0.0460.